The predicted molar refractivity (Wildman–Crippen MR) is 162 cm³/mol. The highest BCUT2D eigenvalue weighted by Gasteiger charge is 2.31. The molecule has 1 aromatic heterocycles. The van der Waals surface area contributed by atoms with E-state index in [2.05, 4.69) is 25.9 Å². The number of nitrogens with one attached hydrogen (secondary N) is 4. The molecule has 0 saturated carbocycles. The van der Waals surface area contributed by atoms with Crippen LogP contribution in [0.25, 0.3) is 10.9 Å². The molecule has 4 atom stereocenters. The maximum absolute atomic E-state index is 13.7. The number of fused-ring (bicyclic) bond motifs is 1. The van der Waals surface area contributed by atoms with Crippen molar-refractivity contribution in [1.82, 2.24) is 20.9 Å². The van der Waals surface area contributed by atoms with E-state index in [4.69, 9.17) is 17.2 Å². The van der Waals surface area contributed by atoms with Crippen molar-refractivity contribution in [2.45, 2.75) is 49.9 Å². The highest BCUT2D eigenvalue weighted by molar-refractivity contribution is 5.95. The number of carbonyl (C=O) groups excluding carboxylic acids is 3. The lowest BCUT2D eigenvalue weighted by Gasteiger charge is -2.25. The maximum atomic E-state index is 13.7. The van der Waals surface area contributed by atoms with Crippen LogP contribution in [-0.4, -0.2) is 87.3 Å². The third-order valence-corrected chi connectivity index (χ3v) is 6.83. The van der Waals surface area contributed by atoms with Crippen LogP contribution in [0.5, 0.6) is 5.75 Å². The largest absolute Gasteiger partial charge is 0.508 e. The Bertz CT molecular complexity index is 1470. The first-order valence-electron chi connectivity index (χ1n) is 13.9. The molecule has 0 radical (unpaired) electrons. The number of aliphatic hydroxyl groups is 1. The standard InChI is InChI=1S/C29H38N8O7/c30-20(15-38)25(40)36-24(13-17-14-34-21-5-2-1-4-19(17)21)27(42)37-23(12-16-7-9-18(39)10-8-16)26(41)35-22(28(43)44)6-3-11-33-29(31)32/h1-2,4-5,7-10,14,20,22-24,34,38-39H,3,6,11-13,15,30H2,(H,35,41)(H,36,40)(H,37,42)(H,43,44)(H4,31,32,33). The van der Waals surface area contributed by atoms with Crippen LogP contribution in [0.2, 0.25) is 0 Å². The summed E-state index contributed by atoms with van der Waals surface area (Å²) >= 11 is 0. The van der Waals surface area contributed by atoms with Crippen LogP contribution < -0.4 is 33.2 Å². The maximum Gasteiger partial charge on any atom is 0.326 e. The highest BCUT2D eigenvalue weighted by Crippen LogP contribution is 2.19. The molecule has 3 rings (SSSR count). The summed E-state index contributed by atoms with van der Waals surface area (Å²) in [6.07, 6.45) is 1.91. The van der Waals surface area contributed by atoms with Crippen LogP contribution in [0.4, 0.5) is 0 Å². The highest BCUT2D eigenvalue weighted by atomic mass is 16.4. The van der Waals surface area contributed by atoms with Crippen LogP contribution in [0, 0.1) is 0 Å². The molecule has 0 saturated heterocycles. The lowest BCUT2D eigenvalue weighted by atomic mass is 10.0. The summed E-state index contributed by atoms with van der Waals surface area (Å²) in [6, 6.07) is 8.19. The number of aliphatic hydroxyl groups excluding tert-OH is 1. The van der Waals surface area contributed by atoms with E-state index in [1.165, 1.54) is 12.1 Å². The number of guanidine groups is 1. The molecule has 3 amide bonds. The van der Waals surface area contributed by atoms with Gasteiger partial charge >= 0.3 is 5.97 Å². The van der Waals surface area contributed by atoms with Gasteiger partial charge in [0.1, 0.15) is 29.9 Å². The molecular formula is C29H38N8O7. The minimum atomic E-state index is -1.31. The fraction of sp³-hybridized carbons (Fsp3) is 0.345. The van der Waals surface area contributed by atoms with Crippen LogP contribution in [0.1, 0.15) is 24.0 Å². The van der Waals surface area contributed by atoms with Crippen LogP contribution in [-0.2, 0) is 32.0 Å². The average molecular weight is 611 g/mol. The Labute approximate surface area is 252 Å². The van der Waals surface area contributed by atoms with Gasteiger partial charge in [-0.25, -0.2) is 4.79 Å². The van der Waals surface area contributed by atoms with Gasteiger partial charge in [-0.1, -0.05) is 30.3 Å². The third-order valence-electron chi connectivity index (χ3n) is 6.83. The lowest BCUT2D eigenvalue weighted by Crippen LogP contribution is -2.58. The summed E-state index contributed by atoms with van der Waals surface area (Å²) in [5.41, 5.74) is 18.4. The number of carbonyl (C=O) groups is 4. The second kappa shape index (κ2) is 15.9. The molecule has 236 valence electrons. The second-order valence-corrected chi connectivity index (χ2v) is 10.2. The number of aliphatic imine (C=N–C) groups is 1. The quantitative estimate of drug-likeness (QED) is 0.0513. The number of aromatic nitrogens is 1. The van der Waals surface area contributed by atoms with E-state index in [-0.39, 0.29) is 43.9 Å². The van der Waals surface area contributed by atoms with Crippen molar-refractivity contribution in [2.24, 2.45) is 22.2 Å². The number of aliphatic carboxylic acids is 1. The number of amides is 3. The molecule has 44 heavy (non-hydrogen) atoms. The second-order valence-electron chi connectivity index (χ2n) is 10.2. The van der Waals surface area contributed by atoms with Crippen molar-refractivity contribution >= 4 is 40.6 Å². The number of phenols is 1. The molecule has 4 unspecified atom stereocenters. The van der Waals surface area contributed by atoms with Crippen LogP contribution in [0.3, 0.4) is 0 Å². The van der Waals surface area contributed by atoms with Gasteiger partial charge in [-0.2, -0.15) is 0 Å². The van der Waals surface area contributed by atoms with E-state index >= 15 is 0 Å². The Kier molecular flexibility index (Phi) is 12.1. The topological polar surface area (TPSA) is 271 Å². The number of carboxylic acid groups (broad SMARTS) is 1. The van der Waals surface area contributed by atoms with E-state index in [9.17, 15) is 34.5 Å². The van der Waals surface area contributed by atoms with E-state index in [0.717, 1.165) is 10.9 Å². The number of aromatic amines is 1. The zero-order chi connectivity index (χ0) is 32.2. The molecule has 0 aliphatic carbocycles. The van der Waals surface area contributed by atoms with E-state index in [1.807, 2.05) is 24.3 Å². The molecular weight excluding hydrogens is 572 g/mol. The van der Waals surface area contributed by atoms with Gasteiger partial charge in [-0.15, -0.1) is 0 Å². The van der Waals surface area contributed by atoms with Crippen molar-refractivity contribution in [2.75, 3.05) is 13.2 Å². The lowest BCUT2D eigenvalue weighted by molar-refractivity contribution is -0.142. The third kappa shape index (κ3) is 9.71. The minimum absolute atomic E-state index is 0.00719. The summed E-state index contributed by atoms with van der Waals surface area (Å²) < 4.78 is 0. The predicted octanol–water partition coefficient (Wildman–Crippen LogP) is -1.43. The molecule has 0 fully saturated rings. The van der Waals surface area contributed by atoms with Gasteiger partial charge in [-0.3, -0.25) is 19.4 Å². The molecule has 2 aromatic carbocycles. The summed E-state index contributed by atoms with van der Waals surface area (Å²) in [5, 5.41) is 37.2. The van der Waals surface area contributed by atoms with Crippen molar-refractivity contribution < 1.29 is 34.5 Å². The number of hydrogen-bond donors (Lipinski definition) is 10. The number of aromatic hydroxyl groups is 1. The Balaban J connectivity index is 1.86. The fourth-order valence-electron chi connectivity index (χ4n) is 4.47. The Hall–Kier alpha value is -5.15. The molecule has 0 aliphatic rings. The molecule has 0 aliphatic heterocycles. The Morgan fingerprint density at radius 2 is 1.48 bits per heavy atom. The zero-order valence-corrected chi connectivity index (χ0v) is 23.9. The van der Waals surface area contributed by atoms with Gasteiger partial charge in [0.25, 0.3) is 0 Å². The van der Waals surface area contributed by atoms with Gasteiger partial charge in [-0.05, 0) is 42.2 Å². The smallest absolute Gasteiger partial charge is 0.326 e. The normalized spacial score (nSPS) is 13.7. The van der Waals surface area contributed by atoms with Crippen molar-refractivity contribution in [1.29, 1.82) is 0 Å². The number of nitrogens with zero attached hydrogens (tertiary/aromatic N) is 1. The fourth-order valence-corrected chi connectivity index (χ4v) is 4.47. The number of carboxylic acids is 1. The molecule has 1 heterocycles. The van der Waals surface area contributed by atoms with Crippen LogP contribution >= 0.6 is 0 Å². The molecule has 3 aromatic rings. The molecule has 15 nitrogen and oxygen atoms in total. The van der Waals surface area contributed by atoms with Gasteiger partial charge in [0, 0.05) is 36.5 Å². The van der Waals surface area contributed by atoms with Gasteiger partial charge in [0.15, 0.2) is 5.96 Å². The van der Waals surface area contributed by atoms with Crippen LogP contribution in [0.15, 0.2) is 59.7 Å². The monoisotopic (exact) mass is 610 g/mol. The summed E-state index contributed by atoms with van der Waals surface area (Å²) in [5.74, 6) is -3.75. The number of nitrogens with two attached hydrogens (primary N) is 3. The van der Waals surface area contributed by atoms with E-state index in [1.54, 1.807) is 18.3 Å². The number of para-hydroxylation sites is 1. The molecule has 0 spiro atoms. The first-order valence-corrected chi connectivity index (χ1v) is 13.9. The number of H-pyrrole nitrogens is 1. The van der Waals surface area contributed by atoms with Gasteiger partial charge in [0.05, 0.1) is 6.61 Å². The van der Waals surface area contributed by atoms with Gasteiger partial charge in [0.2, 0.25) is 17.7 Å². The summed E-state index contributed by atoms with van der Waals surface area (Å²) in [7, 11) is 0. The van der Waals surface area contributed by atoms with E-state index < -0.39 is 54.5 Å². The Morgan fingerprint density at radius 3 is 2.11 bits per heavy atom. The number of hydrogen-bond acceptors (Lipinski definition) is 8. The first-order chi connectivity index (χ1) is 21.0. The zero-order valence-electron chi connectivity index (χ0n) is 23.9. The number of rotatable bonds is 16. The summed E-state index contributed by atoms with van der Waals surface area (Å²) in [4.78, 5) is 58.6. The molecule has 13 N–H and O–H groups in total. The van der Waals surface area contributed by atoms with Crippen molar-refractivity contribution in [3.05, 3.63) is 65.9 Å². The van der Waals surface area contributed by atoms with Crippen molar-refractivity contribution in [3.63, 3.8) is 0 Å². The average Bonchev–Trinajstić information content (AvgIpc) is 3.40. The number of benzene rings is 2. The molecule has 15 heteroatoms. The van der Waals surface area contributed by atoms with E-state index in [0.29, 0.717) is 11.1 Å². The van der Waals surface area contributed by atoms with Gasteiger partial charge < -0.3 is 53.5 Å². The van der Waals surface area contributed by atoms with Crippen molar-refractivity contribution in [3.8, 4) is 5.75 Å². The number of phenolic OH excluding ortho intramolecular Hbond substituents is 1. The first kappa shape index (κ1) is 33.4. The minimum Gasteiger partial charge on any atom is -0.508 e. The molecule has 0 bridgehead atoms. The summed E-state index contributed by atoms with van der Waals surface area (Å²) in [6.45, 7) is -0.500. The SMILES string of the molecule is NC(N)=NCCCC(NC(=O)C(Cc1ccc(O)cc1)NC(=O)C(Cc1c[nH]c2ccccc12)NC(=O)C(N)CO)C(=O)O. The Morgan fingerprint density at radius 1 is 0.864 bits per heavy atom.